The van der Waals surface area contributed by atoms with E-state index >= 15 is 0 Å². The first-order valence-corrected chi connectivity index (χ1v) is 20.2. The van der Waals surface area contributed by atoms with Crippen LogP contribution in [0, 0.1) is 17.8 Å². The van der Waals surface area contributed by atoms with E-state index in [1.165, 1.54) is 11.1 Å². The highest BCUT2D eigenvalue weighted by Gasteiger charge is 2.47. The molecular formula is C38H47ClN4O6S. The number of nitrogens with zero attached hydrogens (tertiary/aromatic N) is 3. The van der Waals surface area contributed by atoms with Gasteiger partial charge in [0, 0.05) is 36.2 Å². The summed E-state index contributed by atoms with van der Waals surface area (Å²) in [6, 6.07) is 11.1. The van der Waals surface area contributed by atoms with Crippen molar-refractivity contribution in [2.24, 2.45) is 22.1 Å². The van der Waals surface area contributed by atoms with Crippen LogP contribution in [0.3, 0.4) is 0 Å². The maximum Gasteiger partial charge on any atom is 0.330 e. The molecule has 3 amide bonds. The molecule has 2 aromatic rings. The highest BCUT2D eigenvalue weighted by Crippen LogP contribution is 2.47. The van der Waals surface area contributed by atoms with E-state index in [4.69, 9.17) is 25.8 Å². The summed E-state index contributed by atoms with van der Waals surface area (Å²) in [5, 5.41) is 0.746. The predicted octanol–water partition coefficient (Wildman–Crippen LogP) is 6.16. The van der Waals surface area contributed by atoms with Crippen molar-refractivity contribution in [1.29, 1.82) is 0 Å². The Balaban J connectivity index is 1.18. The summed E-state index contributed by atoms with van der Waals surface area (Å²) < 4.78 is 39.9. The van der Waals surface area contributed by atoms with E-state index in [1.54, 1.807) is 18.1 Å². The maximum absolute atomic E-state index is 14.6. The highest BCUT2D eigenvalue weighted by molar-refractivity contribution is 7.92. The van der Waals surface area contributed by atoms with Crippen LogP contribution >= 0.6 is 11.6 Å². The second-order valence-corrected chi connectivity index (χ2v) is 17.8. The third kappa shape index (κ3) is 6.33. The minimum atomic E-state index is -3.47. The summed E-state index contributed by atoms with van der Waals surface area (Å²) in [5.74, 6) is 0.785. The van der Waals surface area contributed by atoms with Crippen molar-refractivity contribution in [3.8, 4) is 5.75 Å². The number of anilines is 1. The molecule has 10 nitrogen and oxygen atoms in total. The number of methoxy groups -OCH3 is 1. The molecule has 4 aliphatic heterocycles. The number of halogens is 1. The third-order valence-electron chi connectivity index (χ3n) is 11.9. The Bertz CT molecular complexity index is 1810. The number of morpholine rings is 1. The van der Waals surface area contributed by atoms with E-state index in [0.717, 1.165) is 62.3 Å². The van der Waals surface area contributed by atoms with Gasteiger partial charge in [0.05, 0.1) is 49.4 Å². The number of carbonyl (C=O) groups is 2. The Morgan fingerprint density at radius 3 is 2.76 bits per heavy atom. The first kappa shape index (κ1) is 34.0. The van der Waals surface area contributed by atoms with Crippen LogP contribution in [-0.2, 0) is 31.2 Å². The van der Waals surface area contributed by atoms with Crippen LogP contribution in [0.2, 0.25) is 5.02 Å². The van der Waals surface area contributed by atoms with Gasteiger partial charge in [0.25, 0.3) is 5.91 Å². The van der Waals surface area contributed by atoms with Crippen LogP contribution in [-0.4, -0.2) is 85.0 Å². The molecule has 3 fully saturated rings. The normalized spacial score (nSPS) is 35.6. The Morgan fingerprint density at radius 2 is 2.00 bits per heavy atom. The van der Waals surface area contributed by atoms with Gasteiger partial charge < -0.3 is 24.0 Å². The molecule has 1 N–H and O–H groups in total. The lowest BCUT2D eigenvalue weighted by Gasteiger charge is -2.51. The molecular weight excluding hydrogens is 676 g/mol. The molecule has 50 heavy (non-hydrogen) atoms. The number of ether oxygens (including phenoxy) is 3. The van der Waals surface area contributed by atoms with Gasteiger partial charge in [-0.1, -0.05) is 36.7 Å². The van der Waals surface area contributed by atoms with Crippen LogP contribution < -0.4 is 14.4 Å². The standard InChI is InChI=1S/C38H47ClN4O6S/c1-24-5-3-7-34(47-2)31-11-8-27(31)18-42-22-38(14-4-6-25-15-28(39)10-12-32(25)38)23-49-35-13-9-26(16-33(35)42)36(44)40-50(46,21-24)41-37(45)43-29-17-30(43)20-48-19-29/h3,7,9-10,12-13,15-16,24,27,29-31,34H,4-6,8,11,14,17-23H2,1-2H3,(H,40,41,44,45,46)/b7-3+/t24-,27-,29?,30?,31+,34-,38-,50?/m0/s1. The van der Waals surface area contributed by atoms with Crippen LogP contribution in [0.1, 0.15) is 66.9 Å². The Hall–Kier alpha value is -3.12. The van der Waals surface area contributed by atoms with Gasteiger partial charge >= 0.3 is 6.03 Å². The third-order valence-corrected chi connectivity index (χ3v) is 14.2. The Labute approximate surface area is 300 Å². The highest BCUT2D eigenvalue weighted by atomic mass is 35.5. The largest absolute Gasteiger partial charge is 0.490 e. The number of benzene rings is 2. The maximum atomic E-state index is 14.6. The molecule has 8 atom stereocenters. The van der Waals surface area contributed by atoms with E-state index in [-0.39, 0.29) is 35.3 Å². The predicted molar refractivity (Wildman–Crippen MR) is 193 cm³/mol. The molecule has 268 valence electrons. The Morgan fingerprint density at radius 1 is 1.16 bits per heavy atom. The molecule has 2 aliphatic carbocycles. The molecule has 1 saturated carbocycles. The quantitative estimate of drug-likeness (QED) is 0.370. The first-order chi connectivity index (χ1) is 24.1. The SMILES string of the molecule is CO[C@H]1/C=C/C[C@H](C)CS(=O)(NC(=O)N2C3COCC2C3)=NC(=O)c2ccc3c(c2)N(C[C@@H]2CC[C@H]21)C[C@@]1(CCCc2cc(Cl)ccc21)CO3. The van der Waals surface area contributed by atoms with Gasteiger partial charge in [0.2, 0.25) is 0 Å². The summed E-state index contributed by atoms with van der Waals surface area (Å²) in [6.07, 6.45) is 10.9. The molecule has 2 aromatic carbocycles. The fourth-order valence-electron chi connectivity index (χ4n) is 9.23. The zero-order valence-electron chi connectivity index (χ0n) is 28.9. The summed E-state index contributed by atoms with van der Waals surface area (Å²) >= 11 is 6.46. The molecule has 4 heterocycles. The van der Waals surface area contributed by atoms with E-state index in [9.17, 15) is 13.8 Å². The van der Waals surface area contributed by atoms with Crippen LogP contribution in [0.15, 0.2) is 52.9 Å². The number of fused-ring (bicyclic) bond motifs is 6. The van der Waals surface area contributed by atoms with Crippen LogP contribution in [0.5, 0.6) is 5.75 Å². The average Bonchev–Trinajstić information content (AvgIpc) is 3.22. The Kier molecular flexibility index (Phi) is 9.15. The van der Waals surface area contributed by atoms with Crippen molar-refractivity contribution >= 4 is 39.1 Å². The summed E-state index contributed by atoms with van der Waals surface area (Å²) in [7, 11) is -1.70. The number of allylic oxidation sites excluding steroid dienone is 1. The number of hydrogen-bond donors (Lipinski definition) is 1. The number of nitrogens with one attached hydrogen (secondary N) is 1. The summed E-state index contributed by atoms with van der Waals surface area (Å²) in [4.78, 5) is 31.6. The van der Waals surface area contributed by atoms with Gasteiger partial charge in [0.15, 0.2) is 0 Å². The molecule has 3 unspecified atom stereocenters. The van der Waals surface area contributed by atoms with Crippen LogP contribution in [0.4, 0.5) is 10.5 Å². The van der Waals surface area contributed by atoms with Gasteiger partial charge in [0.1, 0.15) is 15.7 Å². The van der Waals surface area contributed by atoms with Gasteiger partial charge in [-0.05, 0) is 104 Å². The monoisotopic (exact) mass is 722 g/mol. The molecule has 0 radical (unpaired) electrons. The van der Waals surface area contributed by atoms with Gasteiger partial charge in [-0.2, -0.15) is 0 Å². The summed E-state index contributed by atoms with van der Waals surface area (Å²) in [6.45, 7) is 4.93. The summed E-state index contributed by atoms with van der Waals surface area (Å²) in [5.41, 5.74) is 3.46. The van der Waals surface area contributed by atoms with Crippen molar-refractivity contribution in [3.63, 3.8) is 0 Å². The van der Waals surface area contributed by atoms with Crippen LogP contribution in [0.25, 0.3) is 0 Å². The number of rotatable bonds is 2. The lowest BCUT2D eigenvalue weighted by atomic mass is 9.68. The zero-order valence-corrected chi connectivity index (χ0v) is 30.4. The van der Waals surface area contributed by atoms with Crippen molar-refractivity contribution in [2.75, 3.05) is 50.7 Å². The van der Waals surface area contributed by atoms with Crippen molar-refractivity contribution in [3.05, 3.63) is 70.3 Å². The number of aryl methyl sites for hydroxylation is 1. The number of hydrogen-bond acceptors (Lipinski definition) is 7. The molecule has 6 aliphatic rings. The fraction of sp³-hybridized carbons (Fsp3) is 0.579. The molecule has 0 aromatic heterocycles. The van der Waals surface area contributed by atoms with Crippen molar-refractivity contribution < 1.29 is 28.0 Å². The average molecular weight is 723 g/mol. The minimum Gasteiger partial charge on any atom is -0.490 e. The van der Waals surface area contributed by atoms with E-state index in [2.05, 4.69) is 38.3 Å². The second kappa shape index (κ2) is 13.5. The van der Waals surface area contributed by atoms with Gasteiger partial charge in [-0.25, -0.2) is 9.00 Å². The van der Waals surface area contributed by atoms with E-state index < -0.39 is 21.9 Å². The molecule has 12 heteroatoms. The molecule has 4 bridgehead atoms. The van der Waals surface area contributed by atoms with Gasteiger partial charge in [-0.3, -0.25) is 9.52 Å². The molecule has 2 saturated heterocycles. The van der Waals surface area contributed by atoms with E-state index in [1.807, 2.05) is 25.1 Å². The second-order valence-electron chi connectivity index (χ2n) is 15.4. The lowest BCUT2D eigenvalue weighted by molar-refractivity contribution is -0.0985. The zero-order chi connectivity index (χ0) is 34.6. The number of carbonyl (C=O) groups excluding carboxylic acids is 2. The topological polar surface area (TPSA) is 110 Å². The minimum absolute atomic E-state index is 0.0437. The number of amides is 3. The first-order valence-electron chi connectivity index (χ1n) is 18.1. The smallest absolute Gasteiger partial charge is 0.330 e. The fourth-order valence-corrected chi connectivity index (χ4v) is 11.3. The molecule has 1 spiro atoms. The van der Waals surface area contributed by atoms with Crippen molar-refractivity contribution in [2.45, 2.75) is 75.5 Å². The number of urea groups is 1. The van der Waals surface area contributed by atoms with E-state index in [0.29, 0.717) is 49.4 Å². The van der Waals surface area contributed by atoms with Gasteiger partial charge in [-0.15, -0.1) is 4.36 Å². The van der Waals surface area contributed by atoms with Crippen molar-refractivity contribution in [1.82, 2.24) is 9.62 Å². The molecule has 8 rings (SSSR count). The lowest BCUT2D eigenvalue weighted by Crippen LogP contribution is -2.68.